The number of ether oxygens (including phenoxy) is 1. The SMILES string of the molecule is Cc1cccc2c(C(=O)OCC(=O)c3ccc(Cl)c([N+](=O)[O-])c3)cc(-c3ccc(N4C(=O)C5CCC(C)CC5C4=O)cc3)nc12. The number of carbonyl (C=O) groups is 4. The van der Waals surface area contributed by atoms with Gasteiger partial charge in [0.05, 0.1) is 39.2 Å². The summed E-state index contributed by atoms with van der Waals surface area (Å²) in [5, 5.41) is 11.6. The van der Waals surface area contributed by atoms with Crippen molar-refractivity contribution in [3.8, 4) is 11.3 Å². The number of rotatable bonds is 7. The second kappa shape index (κ2) is 11.9. The molecule has 45 heavy (non-hydrogen) atoms. The monoisotopic (exact) mass is 625 g/mol. The summed E-state index contributed by atoms with van der Waals surface area (Å²) in [6, 6.07) is 17.5. The topological polar surface area (TPSA) is 137 Å². The zero-order valence-corrected chi connectivity index (χ0v) is 25.2. The second-order valence-electron chi connectivity index (χ2n) is 11.6. The van der Waals surface area contributed by atoms with E-state index in [1.165, 1.54) is 17.0 Å². The van der Waals surface area contributed by atoms with E-state index >= 15 is 0 Å². The Labute approximate surface area is 263 Å². The number of benzene rings is 3. The molecule has 2 heterocycles. The number of nitrogens with zero attached hydrogens (tertiary/aromatic N) is 3. The third-order valence-electron chi connectivity index (χ3n) is 8.67. The number of aryl methyl sites for hydroxylation is 1. The smallest absolute Gasteiger partial charge is 0.339 e. The van der Waals surface area contributed by atoms with Gasteiger partial charge in [0.25, 0.3) is 5.69 Å². The Morgan fingerprint density at radius 3 is 2.49 bits per heavy atom. The average molecular weight is 626 g/mol. The van der Waals surface area contributed by atoms with Crippen molar-refractivity contribution >= 4 is 57.4 Å². The standard InChI is InChI=1S/C34H28ClN3O7/c1-18-6-12-24-25(14-18)33(41)37(32(24)40)22-10-7-20(8-11-22)28-16-26(23-5-3-4-19(2)31(23)36-28)34(42)45-17-30(39)21-9-13-27(35)29(15-21)38(43)44/h3-5,7-11,13,15-16,18,24-25H,6,12,14,17H2,1-2H3. The van der Waals surface area contributed by atoms with Crippen molar-refractivity contribution < 1.29 is 28.8 Å². The van der Waals surface area contributed by atoms with Crippen LogP contribution in [0.1, 0.15) is 52.5 Å². The highest BCUT2D eigenvalue weighted by atomic mass is 35.5. The van der Waals surface area contributed by atoms with Crippen molar-refractivity contribution in [3.63, 3.8) is 0 Å². The number of nitro benzene ring substituents is 1. The van der Waals surface area contributed by atoms with E-state index in [-0.39, 0.29) is 39.8 Å². The molecule has 0 N–H and O–H groups in total. The molecule has 0 spiro atoms. The van der Waals surface area contributed by atoms with E-state index in [4.69, 9.17) is 21.3 Å². The van der Waals surface area contributed by atoms with Gasteiger partial charge in [0.15, 0.2) is 6.61 Å². The molecule has 1 aromatic heterocycles. The van der Waals surface area contributed by atoms with Crippen molar-refractivity contribution in [1.82, 2.24) is 4.98 Å². The van der Waals surface area contributed by atoms with Crippen molar-refractivity contribution in [3.05, 3.63) is 98.6 Å². The predicted molar refractivity (Wildman–Crippen MR) is 167 cm³/mol. The maximum atomic E-state index is 13.4. The van der Waals surface area contributed by atoms with Gasteiger partial charge in [-0.3, -0.25) is 29.4 Å². The van der Waals surface area contributed by atoms with Gasteiger partial charge < -0.3 is 4.74 Å². The highest BCUT2D eigenvalue weighted by molar-refractivity contribution is 6.32. The molecule has 3 atom stereocenters. The van der Waals surface area contributed by atoms with Crippen LogP contribution in [0.25, 0.3) is 22.2 Å². The van der Waals surface area contributed by atoms with E-state index in [2.05, 4.69) is 6.92 Å². The average Bonchev–Trinajstić information content (AvgIpc) is 3.27. The van der Waals surface area contributed by atoms with Gasteiger partial charge in [-0.25, -0.2) is 9.78 Å². The number of fused-ring (bicyclic) bond motifs is 2. The lowest BCUT2D eigenvalue weighted by molar-refractivity contribution is -0.384. The molecular weight excluding hydrogens is 598 g/mol. The third kappa shape index (κ3) is 5.57. The van der Waals surface area contributed by atoms with Crippen LogP contribution >= 0.6 is 11.6 Å². The van der Waals surface area contributed by atoms with Gasteiger partial charge in [-0.2, -0.15) is 0 Å². The molecule has 2 aliphatic rings. The number of amides is 2. The Hall–Kier alpha value is -4.96. The summed E-state index contributed by atoms with van der Waals surface area (Å²) in [6.07, 6.45) is 2.37. The molecule has 2 amide bonds. The lowest BCUT2D eigenvalue weighted by atomic mass is 9.76. The fourth-order valence-corrected chi connectivity index (χ4v) is 6.44. The first-order chi connectivity index (χ1) is 21.5. The molecule has 0 radical (unpaired) electrons. The molecular formula is C34H28ClN3O7. The lowest BCUT2D eigenvalue weighted by Gasteiger charge is -2.25. The maximum Gasteiger partial charge on any atom is 0.339 e. The summed E-state index contributed by atoms with van der Waals surface area (Å²) < 4.78 is 5.38. The minimum Gasteiger partial charge on any atom is -0.454 e. The summed E-state index contributed by atoms with van der Waals surface area (Å²) >= 11 is 5.85. The summed E-state index contributed by atoms with van der Waals surface area (Å²) in [7, 11) is 0. The van der Waals surface area contributed by atoms with Gasteiger partial charge in [0.1, 0.15) is 5.02 Å². The highest BCUT2D eigenvalue weighted by Crippen LogP contribution is 2.42. The summed E-state index contributed by atoms with van der Waals surface area (Å²) in [5.41, 5.74) is 2.71. The van der Waals surface area contributed by atoms with Gasteiger partial charge in [-0.15, -0.1) is 0 Å². The number of hydrogen-bond donors (Lipinski definition) is 0. The van der Waals surface area contributed by atoms with Gasteiger partial charge in [0.2, 0.25) is 17.6 Å². The van der Waals surface area contributed by atoms with Crippen molar-refractivity contribution in [2.45, 2.75) is 33.1 Å². The molecule has 6 rings (SSSR count). The van der Waals surface area contributed by atoms with E-state index in [1.54, 1.807) is 42.5 Å². The number of imide groups is 1. The molecule has 1 saturated carbocycles. The summed E-state index contributed by atoms with van der Waals surface area (Å²) in [6.45, 7) is 3.33. The number of halogens is 1. The number of esters is 1. The Bertz CT molecular complexity index is 1910. The first kappa shape index (κ1) is 30.1. The highest BCUT2D eigenvalue weighted by Gasteiger charge is 2.49. The molecule has 3 aromatic carbocycles. The Morgan fingerprint density at radius 2 is 1.76 bits per heavy atom. The Balaban J connectivity index is 1.27. The minimum absolute atomic E-state index is 0.0150. The molecule has 1 aliphatic heterocycles. The second-order valence-corrected chi connectivity index (χ2v) is 12.0. The van der Waals surface area contributed by atoms with Crippen LogP contribution in [0.3, 0.4) is 0 Å². The van der Waals surface area contributed by atoms with Gasteiger partial charge in [0, 0.05) is 22.6 Å². The van der Waals surface area contributed by atoms with Crippen molar-refractivity contribution in [2.24, 2.45) is 17.8 Å². The number of anilines is 1. The number of aromatic nitrogens is 1. The van der Waals surface area contributed by atoms with Crippen LogP contribution in [-0.4, -0.2) is 40.1 Å². The van der Waals surface area contributed by atoms with Crippen LogP contribution in [0, 0.1) is 34.8 Å². The number of pyridine rings is 1. The third-order valence-corrected chi connectivity index (χ3v) is 8.99. The number of ketones is 1. The molecule has 3 unspecified atom stereocenters. The van der Waals surface area contributed by atoms with E-state index in [0.717, 1.165) is 24.5 Å². The zero-order valence-electron chi connectivity index (χ0n) is 24.5. The quantitative estimate of drug-likeness (QED) is 0.0724. The molecule has 10 nitrogen and oxygen atoms in total. The van der Waals surface area contributed by atoms with Crippen LogP contribution in [0.2, 0.25) is 5.02 Å². The fourth-order valence-electron chi connectivity index (χ4n) is 6.25. The molecule has 11 heteroatoms. The van der Waals surface area contributed by atoms with E-state index in [9.17, 15) is 29.3 Å². The number of nitro groups is 1. The molecule has 1 saturated heterocycles. The fraction of sp³-hybridized carbons (Fsp3) is 0.265. The van der Waals surface area contributed by atoms with Crippen LogP contribution < -0.4 is 4.90 Å². The summed E-state index contributed by atoms with van der Waals surface area (Å²) in [5.74, 6) is -1.85. The number of carbonyl (C=O) groups excluding carboxylic acids is 4. The van der Waals surface area contributed by atoms with E-state index in [0.29, 0.717) is 40.2 Å². The first-order valence-corrected chi connectivity index (χ1v) is 14.9. The zero-order chi connectivity index (χ0) is 32.0. The van der Waals surface area contributed by atoms with Crippen molar-refractivity contribution in [1.29, 1.82) is 0 Å². The number of Topliss-reactive ketones (excluding diaryl/α,β-unsaturated/α-hetero) is 1. The normalized spacial score (nSPS) is 19.4. The van der Waals surface area contributed by atoms with Crippen LogP contribution in [0.4, 0.5) is 11.4 Å². The van der Waals surface area contributed by atoms with Gasteiger partial charge in [-0.1, -0.05) is 48.9 Å². The molecule has 4 aromatic rings. The van der Waals surface area contributed by atoms with Crippen molar-refractivity contribution in [2.75, 3.05) is 11.5 Å². The number of hydrogen-bond acceptors (Lipinski definition) is 8. The summed E-state index contributed by atoms with van der Waals surface area (Å²) in [4.78, 5) is 69.1. The molecule has 228 valence electrons. The van der Waals surface area contributed by atoms with Crippen LogP contribution in [-0.2, 0) is 14.3 Å². The molecule has 2 fully saturated rings. The van der Waals surface area contributed by atoms with Crippen LogP contribution in [0.5, 0.6) is 0 Å². The Kier molecular flexibility index (Phi) is 7.92. The lowest BCUT2D eigenvalue weighted by Crippen LogP contribution is -2.30. The van der Waals surface area contributed by atoms with E-state index in [1.807, 2.05) is 13.0 Å². The van der Waals surface area contributed by atoms with Gasteiger partial charge in [-0.05, 0) is 68.0 Å². The Morgan fingerprint density at radius 1 is 1.02 bits per heavy atom. The van der Waals surface area contributed by atoms with E-state index < -0.39 is 29.0 Å². The largest absolute Gasteiger partial charge is 0.454 e. The number of para-hydroxylation sites is 1. The molecule has 0 bridgehead atoms. The van der Waals surface area contributed by atoms with Gasteiger partial charge >= 0.3 is 5.97 Å². The predicted octanol–water partition coefficient (Wildman–Crippen LogP) is 6.74. The molecule has 1 aliphatic carbocycles. The first-order valence-electron chi connectivity index (χ1n) is 14.6. The van der Waals surface area contributed by atoms with Crippen LogP contribution in [0.15, 0.2) is 66.7 Å². The maximum absolute atomic E-state index is 13.4. The minimum atomic E-state index is -0.771.